The van der Waals surface area contributed by atoms with Crippen molar-refractivity contribution >= 4 is 37.5 Å². The van der Waals surface area contributed by atoms with Gasteiger partial charge in [-0.25, -0.2) is 0 Å². The first-order chi connectivity index (χ1) is 8.24. The molecule has 0 atom stereocenters. The van der Waals surface area contributed by atoms with Gasteiger partial charge in [-0.1, -0.05) is 0 Å². The van der Waals surface area contributed by atoms with Crippen molar-refractivity contribution in [3.05, 3.63) is 31.8 Å². The highest BCUT2D eigenvalue weighted by Gasteiger charge is 2.19. The van der Waals surface area contributed by atoms with Crippen LogP contribution in [-0.2, 0) is 0 Å². The molecule has 1 saturated heterocycles. The van der Waals surface area contributed by atoms with Crippen LogP contribution in [0.5, 0.6) is 0 Å². The maximum Gasteiger partial charge on any atom is 0.251 e. The van der Waals surface area contributed by atoms with Crippen molar-refractivity contribution in [3.63, 3.8) is 0 Å². The molecule has 90 valence electrons. The van der Waals surface area contributed by atoms with Gasteiger partial charge in [-0.05, 0) is 59.9 Å². The summed E-state index contributed by atoms with van der Waals surface area (Å²) in [4.78, 5) is 15.0. The van der Waals surface area contributed by atoms with Crippen LogP contribution in [0.15, 0.2) is 20.7 Å². The minimum absolute atomic E-state index is 0.0784. The molecule has 17 heavy (non-hydrogen) atoms. The van der Waals surface area contributed by atoms with Gasteiger partial charge in [0, 0.05) is 5.56 Å². The Bertz CT molecular complexity index is 598. The van der Waals surface area contributed by atoms with E-state index in [9.17, 15) is 4.79 Å². The molecular weight excluding hydrogens is 300 g/mol. The van der Waals surface area contributed by atoms with Gasteiger partial charge in [-0.15, -0.1) is 11.3 Å². The molecule has 2 aromatic heterocycles. The van der Waals surface area contributed by atoms with E-state index in [4.69, 9.17) is 0 Å². The summed E-state index contributed by atoms with van der Waals surface area (Å²) in [5, 5.41) is 3.33. The van der Waals surface area contributed by atoms with Crippen molar-refractivity contribution in [2.75, 3.05) is 13.1 Å². The normalized spacial score (nSPS) is 17.7. The van der Waals surface area contributed by atoms with Gasteiger partial charge >= 0.3 is 0 Å². The van der Waals surface area contributed by atoms with E-state index in [1.165, 1.54) is 0 Å². The highest BCUT2D eigenvalue weighted by Crippen LogP contribution is 2.30. The first-order valence-electron chi connectivity index (χ1n) is 5.77. The van der Waals surface area contributed by atoms with Gasteiger partial charge in [0.05, 0.1) is 14.0 Å². The standard InChI is InChI=1S/C12H13BrN2OS/c13-11-6-9-10(17-11)5-8(12(16)15-9)7-1-3-14-4-2-7/h5-7,14H,1-4H2,(H,15,16). The topological polar surface area (TPSA) is 44.9 Å². The summed E-state index contributed by atoms with van der Waals surface area (Å²) in [6, 6.07) is 4.03. The zero-order chi connectivity index (χ0) is 11.8. The van der Waals surface area contributed by atoms with Crippen LogP contribution in [0, 0.1) is 0 Å². The van der Waals surface area contributed by atoms with E-state index in [-0.39, 0.29) is 5.56 Å². The lowest BCUT2D eigenvalue weighted by Crippen LogP contribution is -2.29. The second-order valence-corrected chi connectivity index (χ2v) is 6.87. The number of piperidine rings is 1. The molecule has 0 bridgehead atoms. The molecular formula is C12H13BrN2OS. The molecule has 0 aliphatic carbocycles. The molecule has 0 aromatic carbocycles. The van der Waals surface area contributed by atoms with Gasteiger partial charge < -0.3 is 10.3 Å². The molecule has 2 aromatic rings. The summed E-state index contributed by atoms with van der Waals surface area (Å²) < 4.78 is 2.22. The Balaban J connectivity index is 2.08. The number of pyridine rings is 1. The number of fused-ring (bicyclic) bond motifs is 1. The highest BCUT2D eigenvalue weighted by atomic mass is 79.9. The van der Waals surface area contributed by atoms with Crippen LogP contribution < -0.4 is 10.9 Å². The third-order valence-electron chi connectivity index (χ3n) is 3.31. The molecule has 1 fully saturated rings. The average molecular weight is 313 g/mol. The molecule has 0 amide bonds. The van der Waals surface area contributed by atoms with Crippen LogP contribution in [0.25, 0.3) is 10.2 Å². The molecule has 0 unspecified atom stereocenters. The zero-order valence-corrected chi connectivity index (χ0v) is 11.7. The molecule has 1 aliphatic heterocycles. The highest BCUT2D eigenvalue weighted by molar-refractivity contribution is 9.11. The van der Waals surface area contributed by atoms with Crippen LogP contribution in [0.2, 0.25) is 0 Å². The molecule has 0 radical (unpaired) electrons. The minimum atomic E-state index is 0.0784. The Morgan fingerprint density at radius 3 is 2.82 bits per heavy atom. The first kappa shape index (κ1) is 11.4. The summed E-state index contributed by atoms with van der Waals surface area (Å²) in [6.45, 7) is 2.02. The van der Waals surface area contributed by atoms with Crippen molar-refractivity contribution in [3.8, 4) is 0 Å². The van der Waals surface area contributed by atoms with Crippen LogP contribution in [0.4, 0.5) is 0 Å². The van der Waals surface area contributed by atoms with Crippen LogP contribution in [-0.4, -0.2) is 18.1 Å². The fourth-order valence-corrected chi connectivity index (χ4v) is 3.96. The van der Waals surface area contributed by atoms with Gasteiger partial charge in [0.2, 0.25) is 0 Å². The first-order valence-corrected chi connectivity index (χ1v) is 7.38. The summed E-state index contributed by atoms with van der Waals surface area (Å²) in [6.07, 6.45) is 2.11. The third kappa shape index (κ3) is 2.19. The Morgan fingerprint density at radius 2 is 2.06 bits per heavy atom. The number of halogens is 1. The van der Waals surface area contributed by atoms with E-state index < -0.39 is 0 Å². The molecule has 3 nitrogen and oxygen atoms in total. The number of aromatic amines is 1. The summed E-state index contributed by atoms with van der Waals surface area (Å²) in [7, 11) is 0. The number of thiophene rings is 1. The van der Waals surface area contributed by atoms with Gasteiger partial charge in [0.1, 0.15) is 0 Å². The molecule has 2 N–H and O–H groups in total. The Morgan fingerprint density at radius 1 is 1.29 bits per heavy atom. The fourth-order valence-electron chi connectivity index (χ4n) is 2.42. The Hall–Kier alpha value is -0.650. The maximum atomic E-state index is 12.1. The third-order valence-corrected chi connectivity index (χ3v) is 4.89. The number of H-pyrrole nitrogens is 1. The largest absolute Gasteiger partial charge is 0.321 e. The molecule has 1 aliphatic rings. The van der Waals surface area contributed by atoms with Crippen molar-refractivity contribution in [2.24, 2.45) is 0 Å². The fraction of sp³-hybridized carbons (Fsp3) is 0.417. The van der Waals surface area contributed by atoms with E-state index in [2.05, 4.69) is 32.3 Å². The molecule has 0 saturated carbocycles. The van der Waals surface area contributed by atoms with Crippen molar-refractivity contribution in [1.29, 1.82) is 0 Å². The molecule has 3 rings (SSSR count). The number of rotatable bonds is 1. The van der Waals surface area contributed by atoms with Gasteiger partial charge in [0.25, 0.3) is 5.56 Å². The van der Waals surface area contributed by atoms with Crippen LogP contribution >= 0.6 is 27.3 Å². The predicted octanol–water partition coefficient (Wildman–Crippen LogP) is 2.82. The van der Waals surface area contributed by atoms with Crippen molar-refractivity contribution in [1.82, 2.24) is 10.3 Å². The lowest BCUT2D eigenvalue weighted by atomic mass is 9.91. The van der Waals surface area contributed by atoms with Gasteiger partial charge in [-0.2, -0.15) is 0 Å². The number of aromatic nitrogens is 1. The predicted molar refractivity (Wildman–Crippen MR) is 75.0 cm³/mol. The van der Waals surface area contributed by atoms with Gasteiger partial charge in [-0.3, -0.25) is 4.79 Å². The number of hydrogen-bond donors (Lipinski definition) is 2. The quantitative estimate of drug-likeness (QED) is 0.850. The Labute approximate surface area is 111 Å². The Kier molecular flexibility index (Phi) is 3.06. The van der Waals surface area contributed by atoms with Crippen LogP contribution in [0.3, 0.4) is 0 Å². The number of nitrogens with one attached hydrogen (secondary N) is 2. The van der Waals surface area contributed by atoms with E-state index in [1.807, 2.05) is 6.07 Å². The van der Waals surface area contributed by atoms with Crippen molar-refractivity contribution in [2.45, 2.75) is 18.8 Å². The molecule has 3 heterocycles. The lowest BCUT2D eigenvalue weighted by Gasteiger charge is -2.22. The summed E-state index contributed by atoms with van der Waals surface area (Å²) in [5.74, 6) is 0.408. The molecule has 5 heteroatoms. The SMILES string of the molecule is O=c1[nH]c2cc(Br)sc2cc1C1CCNCC1. The number of hydrogen-bond acceptors (Lipinski definition) is 3. The van der Waals surface area contributed by atoms with Crippen LogP contribution in [0.1, 0.15) is 24.3 Å². The van der Waals surface area contributed by atoms with E-state index in [0.29, 0.717) is 5.92 Å². The second-order valence-electron chi connectivity index (χ2n) is 4.41. The van der Waals surface area contributed by atoms with E-state index in [0.717, 1.165) is 45.5 Å². The minimum Gasteiger partial charge on any atom is -0.321 e. The smallest absolute Gasteiger partial charge is 0.251 e. The van der Waals surface area contributed by atoms with Gasteiger partial charge in [0.15, 0.2) is 0 Å². The van der Waals surface area contributed by atoms with Crippen molar-refractivity contribution < 1.29 is 0 Å². The lowest BCUT2D eigenvalue weighted by molar-refractivity contribution is 0.458. The zero-order valence-electron chi connectivity index (χ0n) is 9.25. The summed E-state index contributed by atoms with van der Waals surface area (Å²) >= 11 is 5.13. The molecule has 0 spiro atoms. The second kappa shape index (κ2) is 4.55. The summed E-state index contributed by atoms with van der Waals surface area (Å²) in [5.41, 5.74) is 1.97. The average Bonchev–Trinajstić information content (AvgIpc) is 2.68. The maximum absolute atomic E-state index is 12.1. The van der Waals surface area contributed by atoms with E-state index >= 15 is 0 Å². The van der Waals surface area contributed by atoms with E-state index in [1.54, 1.807) is 11.3 Å². The monoisotopic (exact) mass is 312 g/mol.